The van der Waals surface area contributed by atoms with Crippen LogP contribution in [0.4, 0.5) is 13.2 Å². The molecule has 7 heteroatoms. The number of carboxylic acid groups (broad SMARTS) is 1. The van der Waals surface area contributed by atoms with Crippen LogP contribution in [0, 0.1) is 0 Å². The summed E-state index contributed by atoms with van der Waals surface area (Å²) in [6.45, 7) is 0.408. The van der Waals surface area contributed by atoms with Gasteiger partial charge in [-0.1, -0.05) is 6.42 Å². The van der Waals surface area contributed by atoms with E-state index in [4.69, 9.17) is 9.47 Å². The van der Waals surface area contributed by atoms with E-state index in [0.29, 0.717) is 6.42 Å². The van der Waals surface area contributed by atoms with Gasteiger partial charge in [0.1, 0.15) is 13.2 Å². The highest BCUT2D eigenvalue weighted by molar-refractivity contribution is 5.83. The number of halogens is 3. The Kier molecular flexibility index (Phi) is 3.04. The van der Waals surface area contributed by atoms with Gasteiger partial charge >= 0.3 is 12.1 Å². The van der Waals surface area contributed by atoms with Gasteiger partial charge in [-0.25, -0.2) is 0 Å². The van der Waals surface area contributed by atoms with Gasteiger partial charge in [-0.15, -0.1) is 0 Å². The predicted molar refractivity (Wildman–Crippen MR) is 65.6 cm³/mol. The number of hydrogen-bond acceptors (Lipinski definition) is 3. The van der Waals surface area contributed by atoms with Crippen LogP contribution in [0.1, 0.15) is 30.4 Å². The molecule has 1 aromatic rings. The van der Waals surface area contributed by atoms with E-state index in [-0.39, 0.29) is 43.1 Å². The lowest BCUT2D eigenvalue weighted by Crippen LogP contribution is -2.43. The van der Waals surface area contributed by atoms with Gasteiger partial charge in [0, 0.05) is 0 Å². The molecule has 1 fully saturated rings. The first-order valence-electron chi connectivity index (χ1n) is 6.59. The van der Waals surface area contributed by atoms with Crippen molar-refractivity contribution in [2.24, 2.45) is 0 Å². The Morgan fingerprint density at radius 1 is 1.14 bits per heavy atom. The molecule has 1 aromatic carbocycles. The van der Waals surface area contributed by atoms with Crippen molar-refractivity contribution in [2.45, 2.75) is 30.9 Å². The summed E-state index contributed by atoms with van der Waals surface area (Å²) >= 11 is 0. The SMILES string of the molecule is O=C(O)C1(c2cc3c(cc2C(F)(F)F)OCCO3)CCC1. The van der Waals surface area contributed by atoms with Crippen molar-refractivity contribution in [3.05, 3.63) is 23.3 Å². The average molecular weight is 302 g/mol. The quantitative estimate of drug-likeness (QED) is 0.912. The predicted octanol–water partition coefficient (Wildman–Crippen LogP) is 2.98. The Bertz CT molecular complexity index is 591. The van der Waals surface area contributed by atoms with E-state index in [1.165, 1.54) is 6.07 Å². The molecular formula is C14H13F3O4. The third-order valence-electron chi connectivity index (χ3n) is 4.12. The fourth-order valence-electron chi connectivity index (χ4n) is 2.85. The van der Waals surface area contributed by atoms with Crippen LogP contribution in [0.25, 0.3) is 0 Å². The maximum absolute atomic E-state index is 13.3. The molecule has 1 aliphatic heterocycles. The summed E-state index contributed by atoms with van der Waals surface area (Å²) in [5.74, 6) is -1.04. The van der Waals surface area contributed by atoms with Crippen LogP contribution in [0.3, 0.4) is 0 Å². The lowest BCUT2D eigenvalue weighted by molar-refractivity contribution is -0.149. The molecule has 0 bridgehead atoms. The molecule has 2 aliphatic rings. The van der Waals surface area contributed by atoms with Gasteiger partial charge in [0.15, 0.2) is 11.5 Å². The third-order valence-corrected chi connectivity index (χ3v) is 4.12. The second-order valence-corrected chi connectivity index (χ2v) is 5.28. The number of benzene rings is 1. The molecule has 1 aliphatic carbocycles. The molecule has 0 spiro atoms. The first kappa shape index (κ1) is 14.0. The molecule has 0 radical (unpaired) electrons. The zero-order valence-electron chi connectivity index (χ0n) is 11.0. The van der Waals surface area contributed by atoms with E-state index in [9.17, 15) is 23.1 Å². The lowest BCUT2D eigenvalue weighted by atomic mass is 9.63. The van der Waals surface area contributed by atoms with Crippen molar-refractivity contribution in [3.63, 3.8) is 0 Å². The van der Waals surface area contributed by atoms with E-state index in [2.05, 4.69) is 0 Å². The average Bonchev–Trinajstić information content (AvgIpc) is 2.35. The number of rotatable bonds is 2. The van der Waals surface area contributed by atoms with Gasteiger partial charge in [-0.3, -0.25) is 4.79 Å². The maximum atomic E-state index is 13.3. The van der Waals surface area contributed by atoms with Gasteiger partial charge in [-0.2, -0.15) is 13.2 Å². The molecule has 3 rings (SSSR count). The topological polar surface area (TPSA) is 55.8 Å². The molecule has 4 nitrogen and oxygen atoms in total. The van der Waals surface area contributed by atoms with Gasteiger partial charge in [0.25, 0.3) is 0 Å². The molecule has 0 amide bonds. The number of ether oxygens (including phenoxy) is 2. The Morgan fingerprint density at radius 2 is 1.71 bits per heavy atom. The Morgan fingerprint density at radius 3 is 2.14 bits per heavy atom. The summed E-state index contributed by atoms with van der Waals surface area (Å²) < 4.78 is 50.3. The number of aliphatic carboxylic acids is 1. The molecular weight excluding hydrogens is 289 g/mol. The molecule has 21 heavy (non-hydrogen) atoms. The van der Waals surface area contributed by atoms with Crippen LogP contribution in [0.2, 0.25) is 0 Å². The van der Waals surface area contributed by atoms with Crippen molar-refractivity contribution >= 4 is 5.97 Å². The molecule has 1 heterocycles. The van der Waals surface area contributed by atoms with Crippen molar-refractivity contribution in [1.82, 2.24) is 0 Å². The smallest absolute Gasteiger partial charge is 0.416 e. The highest BCUT2D eigenvalue weighted by Gasteiger charge is 2.51. The zero-order valence-corrected chi connectivity index (χ0v) is 11.0. The minimum absolute atomic E-state index is 0.0113. The van der Waals surface area contributed by atoms with Crippen LogP contribution in [-0.2, 0) is 16.4 Å². The second-order valence-electron chi connectivity index (χ2n) is 5.28. The fourth-order valence-corrected chi connectivity index (χ4v) is 2.85. The molecule has 0 aromatic heterocycles. The molecule has 0 unspecified atom stereocenters. The highest BCUT2D eigenvalue weighted by atomic mass is 19.4. The Hall–Kier alpha value is -1.92. The van der Waals surface area contributed by atoms with E-state index in [1.807, 2.05) is 0 Å². The van der Waals surface area contributed by atoms with Gasteiger partial charge in [-0.05, 0) is 30.5 Å². The highest BCUT2D eigenvalue weighted by Crippen LogP contribution is 2.51. The summed E-state index contributed by atoms with van der Waals surface area (Å²) in [7, 11) is 0. The fraction of sp³-hybridized carbons (Fsp3) is 0.500. The van der Waals surface area contributed by atoms with Crippen molar-refractivity contribution < 1.29 is 32.5 Å². The van der Waals surface area contributed by atoms with Crippen LogP contribution in [-0.4, -0.2) is 24.3 Å². The van der Waals surface area contributed by atoms with Gasteiger partial charge < -0.3 is 14.6 Å². The zero-order chi connectivity index (χ0) is 15.3. The number of carboxylic acids is 1. The van der Waals surface area contributed by atoms with E-state index >= 15 is 0 Å². The van der Waals surface area contributed by atoms with Crippen molar-refractivity contribution in [2.75, 3.05) is 13.2 Å². The number of fused-ring (bicyclic) bond motifs is 1. The summed E-state index contributed by atoms with van der Waals surface area (Å²) in [6.07, 6.45) is -3.64. The van der Waals surface area contributed by atoms with Crippen LogP contribution in [0.15, 0.2) is 12.1 Å². The normalized spacial score (nSPS) is 19.8. The van der Waals surface area contributed by atoms with Crippen LogP contribution < -0.4 is 9.47 Å². The number of carbonyl (C=O) groups is 1. The Balaban J connectivity index is 2.20. The summed E-state index contributed by atoms with van der Waals surface area (Å²) in [4.78, 5) is 11.5. The summed E-state index contributed by atoms with van der Waals surface area (Å²) in [6, 6.07) is 2.04. The summed E-state index contributed by atoms with van der Waals surface area (Å²) in [5.41, 5.74) is -2.65. The minimum Gasteiger partial charge on any atom is -0.486 e. The molecule has 114 valence electrons. The lowest BCUT2D eigenvalue weighted by Gasteiger charge is -2.40. The van der Waals surface area contributed by atoms with E-state index in [1.54, 1.807) is 0 Å². The second kappa shape index (κ2) is 4.54. The van der Waals surface area contributed by atoms with Gasteiger partial charge in [0.2, 0.25) is 0 Å². The number of hydrogen-bond donors (Lipinski definition) is 1. The van der Waals surface area contributed by atoms with Gasteiger partial charge in [0.05, 0.1) is 11.0 Å². The Labute approximate surface area is 118 Å². The first-order chi connectivity index (χ1) is 9.84. The third kappa shape index (κ3) is 2.11. The van der Waals surface area contributed by atoms with Crippen LogP contribution in [0.5, 0.6) is 11.5 Å². The molecule has 0 saturated heterocycles. The maximum Gasteiger partial charge on any atom is 0.416 e. The molecule has 1 N–H and O–H groups in total. The molecule has 1 saturated carbocycles. The summed E-state index contributed by atoms with van der Waals surface area (Å²) in [5, 5.41) is 9.39. The van der Waals surface area contributed by atoms with Crippen molar-refractivity contribution in [1.29, 1.82) is 0 Å². The van der Waals surface area contributed by atoms with Crippen molar-refractivity contribution in [3.8, 4) is 11.5 Å². The monoisotopic (exact) mass is 302 g/mol. The van der Waals surface area contributed by atoms with E-state index < -0.39 is 23.1 Å². The number of alkyl halides is 3. The van der Waals surface area contributed by atoms with E-state index in [0.717, 1.165) is 6.07 Å². The minimum atomic E-state index is -4.64. The van der Waals surface area contributed by atoms with Crippen LogP contribution >= 0.6 is 0 Å². The first-order valence-corrected chi connectivity index (χ1v) is 6.59. The molecule has 0 atom stereocenters. The standard InChI is InChI=1S/C14H13F3O4/c15-14(16,17)9-7-11-10(20-4-5-21-11)6-8(9)13(12(18)19)2-1-3-13/h6-7H,1-5H2,(H,18,19). The largest absolute Gasteiger partial charge is 0.486 e.